The number of anilines is 2. The lowest BCUT2D eigenvalue weighted by molar-refractivity contribution is 0.415. The number of hydrogen-bond acceptors (Lipinski definition) is 6. The monoisotopic (exact) mass is 354 g/mol. The van der Waals surface area contributed by atoms with Gasteiger partial charge in [-0.2, -0.15) is 10.5 Å². The lowest BCUT2D eigenvalue weighted by atomic mass is 10.3. The Balaban J connectivity index is 2.22. The Kier molecular flexibility index (Phi) is 5.62. The minimum Gasteiger partial charge on any atom is -0.497 e. The van der Waals surface area contributed by atoms with Crippen molar-refractivity contribution in [2.75, 3.05) is 17.1 Å². The molecule has 8 heteroatoms. The van der Waals surface area contributed by atoms with Gasteiger partial charge in [0.2, 0.25) is 0 Å². The summed E-state index contributed by atoms with van der Waals surface area (Å²) in [7, 11) is -2.26. The van der Waals surface area contributed by atoms with Gasteiger partial charge in [0.25, 0.3) is 10.0 Å². The van der Waals surface area contributed by atoms with Crippen LogP contribution >= 0.6 is 0 Å². The first-order valence-electron chi connectivity index (χ1n) is 7.02. The maximum absolute atomic E-state index is 12.5. The Morgan fingerprint density at radius 2 is 1.76 bits per heavy atom. The van der Waals surface area contributed by atoms with Crippen LogP contribution in [0.5, 0.6) is 5.75 Å². The molecule has 2 aromatic carbocycles. The summed E-state index contributed by atoms with van der Waals surface area (Å²) in [5.74, 6) is 0.617. The molecule has 2 aromatic rings. The molecule has 0 unspecified atom stereocenters. The molecule has 0 aliphatic heterocycles. The normalized spacial score (nSPS) is 10.0. The van der Waals surface area contributed by atoms with Crippen LogP contribution in [0.25, 0.3) is 0 Å². The number of nitrogens with zero attached hydrogens (tertiary/aromatic N) is 2. The molecule has 126 valence electrons. The molecule has 0 aliphatic rings. The van der Waals surface area contributed by atoms with E-state index in [9.17, 15) is 8.42 Å². The molecular weight excluding hydrogens is 340 g/mol. The first kappa shape index (κ1) is 17.9. The van der Waals surface area contributed by atoms with Crippen LogP contribution in [-0.2, 0) is 10.0 Å². The van der Waals surface area contributed by atoms with Crippen molar-refractivity contribution in [2.45, 2.75) is 4.90 Å². The van der Waals surface area contributed by atoms with Gasteiger partial charge < -0.3 is 10.1 Å². The van der Waals surface area contributed by atoms with Crippen molar-refractivity contribution in [1.82, 2.24) is 0 Å². The molecular formula is C17H14N4O3S. The van der Waals surface area contributed by atoms with Gasteiger partial charge in [0.05, 0.1) is 12.0 Å². The SMILES string of the molecule is COc1ccc(NS(=O)(=O)c2cccc(NC=C(C#N)C#N)c2)cc1. The van der Waals surface area contributed by atoms with E-state index in [0.717, 1.165) is 0 Å². The standard InChI is InChI=1S/C17H14N4O3S/c1-24-16-7-5-14(6-8-16)21-25(22,23)17-4-2-3-15(9-17)20-12-13(10-18)11-19/h2-9,12,20-21H,1H3. The molecule has 0 aromatic heterocycles. The van der Waals surface area contributed by atoms with Gasteiger partial charge in [-0.1, -0.05) is 6.07 Å². The van der Waals surface area contributed by atoms with E-state index in [4.69, 9.17) is 15.3 Å². The second-order valence-electron chi connectivity index (χ2n) is 4.79. The number of ether oxygens (including phenoxy) is 1. The number of nitrogens with one attached hydrogen (secondary N) is 2. The highest BCUT2D eigenvalue weighted by Crippen LogP contribution is 2.21. The van der Waals surface area contributed by atoms with Crippen molar-refractivity contribution >= 4 is 21.4 Å². The summed E-state index contributed by atoms with van der Waals surface area (Å²) in [6.07, 6.45) is 1.21. The van der Waals surface area contributed by atoms with E-state index in [1.54, 1.807) is 48.5 Å². The van der Waals surface area contributed by atoms with Crippen LogP contribution in [0, 0.1) is 22.7 Å². The van der Waals surface area contributed by atoms with Crippen molar-refractivity contribution in [3.63, 3.8) is 0 Å². The molecule has 0 bridgehead atoms. The lowest BCUT2D eigenvalue weighted by Crippen LogP contribution is -2.13. The van der Waals surface area contributed by atoms with E-state index in [-0.39, 0.29) is 10.5 Å². The second kappa shape index (κ2) is 7.86. The van der Waals surface area contributed by atoms with Crippen LogP contribution in [0.4, 0.5) is 11.4 Å². The molecule has 7 nitrogen and oxygen atoms in total. The lowest BCUT2D eigenvalue weighted by Gasteiger charge is -2.10. The average Bonchev–Trinajstić information content (AvgIpc) is 2.63. The molecule has 2 rings (SSSR count). The van der Waals surface area contributed by atoms with Crippen molar-refractivity contribution in [3.05, 3.63) is 60.3 Å². The smallest absolute Gasteiger partial charge is 0.261 e. The Hall–Kier alpha value is -3.49. The largest absolute Gasteiger partial charge is 0.497 e. The summed E-state index contributed by atoms with van der Waals surface area (Å²) >= 11 is 0. The molecule has 0 spiro atoms. The quantitative estimate of drug-likeness (QED) is 0.771. The molecule has 0 saturated heterocycles. The fourth-order valence-corrected chi connectivity index (χ4v) is 2.98. The fourth-order valence-electron chi connectivity index (χ4n) is 1.87. The van der Waals surface area contributed by atoms with Crippen molar-refractivity contribution in [1.29, 1.82) is 10.5 Å². The van der Waals surface area contributed by atoms with E-state index in [2.05, 4.69) is 10.0 Å². The van der Waals surface area contributed by atoms with Crippen LogP contribution in [0.1, 0.15) is 0 Å². The average molecular weight is 354 g/mol. The molecule has 0 amide bonds. The predicted octanol–water partition coefficient (Wildman–Crippen LogP) is 2.84. The van der Waals surface area contributed by atoms with Gasteiger partial charge in [0, 0.05) is 17.6 Å². The Labute approximate surface area is 145 Å². The maximum Gasteiger partial charge on any atom is 0.261 e. The molecule has 0 saturated carbocycles. The van der Waals surface area contributed by atoms with Crippen LogP contribution in [0.15, 0.2) is 65.2 Å². The van der Waals surface area contributed by atoms with Crippen LogP contribution < -0.4 is 14.8 Å². The summed E-state index contributed by atoms with van der Waals surface area (Å²) in [6, 6.07) is 15.9. The van der Waals surface area contributed by atoms with Crippen LogP contribution in [0.3, 0.4) is 0 Å². The summed E-state index contributed by atoms with van der Waals surface area (Å²) in [4.78, 5) is 0.0391. The van der Waals surface area contributed by atoms with Gasteiger partial charge in [-0.15, -0.1) is 0 Å². The summed E-state index contributed by atoms with van der Waals surface area (Å²) in [5, 5.41) is 20.1. The summed E-state index contributed by atoms with van der Waals surface area (Å²) < 4.78 is 32.4. The number of allylic oxidation sites excluding steroid dienone is 1. The highest BCUT2D eigenvalue weighted by Gasteiger charge is 2.14. The minimum atomic E-state index is -3.79. The van der Waals surface area contributed by atoms with E-state index < -0.39 is 10.0 Å². The first-order chi connectivity index (χ1) is 12.0. The van der Waals surface area contributed by atoms with Gasteiger partial charge >= 0.3 is 0 Å². The Bertz CT molecular complexity index is 952. The van der Waals surface area contributed by atoms with Gasteiger partial charge in [-0.05, 0) is 42.5 Å². The van der Waals surface area contributed by atoms with Gasteiger partial charge in [-0.25, -0.2) is 8.42 Å². The first-order valence-corrected chi connectivity index (χ1v) is 8.50. The van der Waals surface area contributed by atoms with Crippen LogP contribution in [0.2, 0.25) is 0 Å². The van der Waals surface area contributed by atoms with Crippen molar-refractivity contribution < 1.29 is 13.2 Å². The highest BCUT2D eigenvalue weighted by atomic mass is 32.2. The predicted molar refractivity (Wildman–Crippen MR) is 93.2 cm³/mol. The summed E-state index contributed by atoms with van der Waals surface area (Å²) in [6.45, 7) is 0. The Morgan fingerprint density at radius 3 is 2.36 bits per heavy atom. The molecule has 0 fully saturated rings. The molecule has 0 atom stereocenters. The van der Waals surface area contributed by atoms with Crippen LogP contribution in [-0.4, -0.2) is 15.5 Å². The third-order valence-electron chi connectivity index (χ3n) is 3.11. The van der Waals surface area contributed by atoms with E-state index in [0.29, 0.717) is 17.1 Å². The zero-order valence-electron chi connectivity index (χ0n) is 13.2. The highest BCUT2D eigenvalue weighted by molar-refractivity contribution is 7.92. The molecule has 25 heavy (non-hydrogen) atoms. The minimum absolute atomic E-state index is 0.0391. The van der Waals surface area contributed by atoms with Gasteiger partial charge in [0.15, 0.2) is 0 Å². The third kappa shape index (κ3) is 4.74. The van der Waals surface area contributed by atoms with E-state index in [1.165, 1.54) is 25.4 Å². The second-order valence-corrected chi connectivity index (χ2v) is 6.47. The maximum atomic E-state index is 12.5. The number of benzene rings is 2. The van der Waals surface area contributed by atoms with Crippen molar-refractivity contribution in [3.8, 4) is 17.9 Å². The van der Waals surface area contributed by atoms with Gasteiger partial charge in [-0.3, -0.25) is 4.72 Å². The molecule has 0 heterocycles. The number of nitriles is 2. The zero-order chi connectivity index (χ0) is 18.3. The summed E-state index contributed by atoms with van der Waals surface area (Å²) in [5.41, 5.74) is 0.709. The van der Waals surface area contributed by atoms with E-state index in [1.807, 2.05) is 0 Å². The fraction of sp³-hybridized carbons (Fsp3) is 0.0588. The number of methoxy groups -OCH3 is 1. The third-order valence-corrected chi connectivity index (χ3v) is 4.49. The topological polar surface area (TPSA) is 115 Å². The molecule has 0 aliphatic carbocycles. The Morgan fingerprint density at radius 1 is 1.08 bits per heavy atom. The number of hydrogen-bond donors (Lipinski definition) is 2. The zero-order valence-corrected chi connectivity index (χ0v) is 14.0. The van der Waals surface area contributed by atoms with Crippen molar-refractivity contribution in [2.24, 2.45) is 0 Å². The molecule has 2 N–H and O–H groups in total. The number of sulfonamides is 1. The molecule has 0 radical (unpaired) electrons. The van der Waals surface area contributed by atoms with Gasteiger partial charge in [0.1, 0.15) is 23.5 Å². The van der Waals surface area contributed by atoms with E-state index >= 15 is 0 Å². The number of rotatable bonds is 6.